The van der Waals surface area contributed by atoms with Crippen molar-refractivity contribution in [2.24, 2.45) is 0 Å². The molecule has 0 spiro atoms. The Morgan fingerprint density at radius 3 is 2.69 bits per heavy atom. The maximum atomic E-state index is 13.2. The summed E-state index contributed by atoms with van der Waals surface area (Å²) in [5.74, 6) is 1.16. The van der Waals surface area contributed by atoms with Crippen LogP contribution in [0.15, 0.2) is 41.9 Å². The maximum Gasteiger partial charge on any atom is 0.338 e. The van der Waals surface area contributed by atoms with Crippen molar-refractivity contribution in [2.45, 2.75) is 64.5 Å². The molecule has 4 rings (SSSR count). The van der Waals surface area contributed by atoms with Crippen LogP contribution in [0.5, 0.6) is 5.75 Å². The molecule has 2 aliphatic rings. The van der Waals surface area contributed by atoms with Gasteiger partial charge in [0.15, 0.2) is 0 Å². The summed E-state index contributed by atoms with van der Waals surface area (Å²) in [6, 6.07) is 7.44. The Balaban J connectivity index is 1.63. The Morgan fingerprint density at radius 2 is 1.97 bits per heavy atom. The fourth-order valence-electron chi connectivity index (χ4n) is 4.03. The summed E-state index contributed by atoms with van der Waals surface area (Å²) in [4.78, 5) is 17.5. The van der Waals surface area contributed by atoms with Gasteiger partial charge in [0.05, 0.1) is 12.2 Å². The van der Waals surface area contributed by atoms with Crippen molar-refractivity contribution in [1.29, 1.82) is 0 Å². The molecule has 29 heavy (non-hydrogen) atoms. The van der Waals surface area contributed by atoms with Crippen molar-refractivity contribution in [3.63, 3.8) is 0 Å². The van der Waals surface area contributed by atoms with Gasteiger partial charge in [0.25, 0.3) is 0 Å². The van der Waals surface area contributed by atoms with Gasteiger partial charge in [-0.15, -0.1) is 0 Å². The molecule has 1 aromatic carbocycles. The van der Waals surface area contributed by atoms with Crippen LogP contribution in [0, 0.1) is 0 Å². The number of esters is 1. The van der Waals surface area contributed by atoms with E-state index < -0.39 is 0 Å². The molecule has 1 aliphatic heterocycles. The number of allylic oxidation sites excluding steroid dienone is 1. The average molecular weight is 396 g/mol. The zero-order valence-corrected chi connectivity index (χ0v) is 17.1. The molecule has 7 nitrogen and oxygen atoms in total. The van der Waals surface area contributed by atoms with Crippen molar-refractivity contribution >= 4 is 11.9 Å². The highest BCUT2D eigenvalue weighted by Crippen LogP contribution is 2.36. The van der Waals surface area contributed by atoms with Gasteiger partial charge in [0, 0.05) is 5.70 Å². The number of hydrogen-bond donors (Lipinski definition) is 1. The Labute approximate surface area is 171 Å². The summed E-state index contributed by atoms with van der Waals surface area (Å²) in [6.07, 6.45) is 7.78. The van der Waals surface area contributed by atoms with Gasteiger partial charge in [-0.05, 0) is 56.7 Å². The van der Waals surface area contributed by atoms with Crippen LogP contribution in [0.1, 0.15) is 64.0 Å². The number of aromatic nitrogens is 3. The number of ether oxygens (including phenoxy) is 2. The molecule has 1 unspecified atom stereocenters. The average Bonchev–Trinajstić information content (AvgIpc) is 3.20. The van der Waals surface area contributed by atoms with Crippen molar-refractivity contribution in [1.82, 2.24) is 14.8 Å². The lowest BCUT2D eigenvalue weighted by molar-refractivity contribution is -0.146. The third-order valence-corrected chi connectivity index (χ3v) is 5.51. The summed E-state index contributed by atoms with van der Waals surface area (Å²) in [6.45, 7) is 4.65. The van der Waals surface area contributed by atoms with E-state index in [1.165, 1.54) is 12.7 Å². The highest BCUT2D eigenvalue weighted by atomic mass is 16.5. The summed E-state index contributed by atoms with van der Waals surface area (Å²) < 4.78 is 13.3. The van der Waals surface area contributed by atoms with E-state index in [2.05, 4.69) is 22.3 Å². The van der Waals surface area contributed by atoms with Crippen LogP contribution in [-0.2, 0) is 9.53 Å². The summed E-state index contributed by atoms with van der Waals surface area (Å²) in [5.41, 5.74) is 2.27. The van der Waals surface area contributed by atoms with E-state index in [0.717, 1.165) is 49.1 Å². The Hall–Kier alpha value is -2.83. The molecule has 7 heteroatoms. The third kappa shape index (κ3) is 4.13. The normalized spacial score (nSPS) is 19.4. The van der Waals surface area contributed by atoms with Crippen LogP contribution in [-0.4, -0.2) is 33.4 Å². The number of hydrogen-bond acceptors (Lipinski definition) is 6. The Kier molecular flexibility index (Phi) is 5.83. The standard InChI is InChI=1S/C22H28N4O3/c1-3-13-28-17-11-9-16(10-12-17)20-19(15(2)25-22-23-14-24-26(20)22)21(27)29-18-7-5-4-6-8-18/h9-12,14,18,20H,3-8,13H2,1-2H3,(H,23,24,25). The Bertz CT molecular complexity index is 882. The Morgan fingerprint density at radius 1 is 1.21 bits per heavy atom. The molecular weight excluding hydrogens is 368 g/mol. The zero-order chi connectivity index (χ0) is 20.2. The van der Waals surface area contributed by atoms with E-state index in [1.807, 2.05) is 31.2 Å². The second kappa shape index (κ2) is 8.68. The first-order chi connectivity index (χ1) is 14.2. The topological polar surface area (TPSA) is 78.3 Å². The predicted octanol–water partition coefficient (Wildman–Crippen LogP) is 4.23. The van der Waals surface area contributed by atoms with Crippen LogP contribution in [0.4, 0.5) is 5.95 Å². The molecule has 1 aliphatic carbocycles. The smallest absolute Gasteiger partial charge is 0.338 e. The van der Waals surface area contributed by atoms with Gasteiger partial charge in [0.1, 0.15) is 24.2 Å². The van der Waals surface area contributed by atoms with Gasteiger partial charge in [-0.25, -0.2) is 9.48 Å². The van der Waals surface area contributed by atoms with E-state index in [1.54, 1.807) is 4.68 Å². The predicted molar refractivity (Wildman–Crippen MR) is 110 cm³/mol. The highest BCUT2D eigenvalue weighted by Gasteiger charge is 2.35. The van der Waals surface area contributed by atoms with Gasteiger partial charge in [0.2, 0.25) is 5.95 Å². The van der Waals surface area contributed by atoms with Gasteiger partial charge >= 0.3 is 5.97 Å². The number of nitrogens with one attached hydrogen (secondary N) is 1. The fraction of sp³-hybridized carbons (Fsp3) is 0.500. The van der Waals surface area contributed by atoms with Crippen LogP contribution < -0.4 is 10.1 Å². The molecule has 1 N–H and O–H groups in total. The molecule has 0 radical (unpaired) electrons. The van der Waals surface area contributed by atoms with Gasteiger partial charge in [-0.1, -0.05) is 25.5 Å². The monoisotopic (exact) mass is 396 g/mol. The van der Waals surface area contributed by atoms with Crippen LogP contribution in [0.2, 0.25) is 0 Å². The molecule has 1 fully saturated rings. The molecular formula is C22H28N4O3. The summed E-state index contributed by atoms with van der Waals surface area (Å²) >= 11 is 0. The fourth-order valence-corrected chi connectivity index (χ4v) is 4.03. The third-order valence-electron chi connectivity index (χ3n) is 5.51. The first-order valence-electron chi connectivity index (χ1n) is 10.5. The molecule has 2 heterocycles. The first-order valence-corrected chi connectivity index (χ1v) is 10.5. The van der Waals surface area contributed by atoms with Gasteiger partial charge < -0.3 is 14.8 Å². The molecule has 1 atom stereocenters. The number of rotatable bonds is 6. The minimum absolute atomic E-state index is 0.000775. The van der Waals surface area contributed by atoms with E-state index in [0.29, 0.717) is 18.1 Å². The number of benzene rings is 1. The molecule has 154 valence electrons. The first kappa shape index (κ1) is 19.5. The van der Waals surface area contributed by atoms with Gasteiger partial charge in [-0.2, -0.15) is 10.1 Å². The highest BCUT2D eigenvalue weighted by molar-refractivity contribution is 5.92. The summed E-state index contributed by atoms with van der Waals surface area (Å²) in [5, 5.41) is 7.56. The van der Waals surface area contributed by atoms with Crippen LogP contribution in [0.3, 0.4) is 0 Å². The van der Waals surface area contributed by atoms with E-state index in [9.17, 15) is 4.79 Å². The maximum absolute atomic E-state index is 13.2. The van der Waals surface area contributed by atoms with Crippen LogP contribution >= 0.6 is 0 Å². The van der Waals surface area contributed by atoms with Crippen molar-refractivity contribution in [3.05, 3.63) is 47.4 Å². The van der Waals surface area contributed by atoms with Gasteiger partial charge in [-0.3, -0.25) is 0 Å². The minimum atomic E-state index is -0.384. The van der Waals surface area contributed by atoms with E-state index >= 15 is 0 Å². The minimum Gasteiger partial charge on any atom is -0.494 e. The number of carbonyl (C=O) groups excluding carboxylic acids is 1. The zero-order valence-electron chi connectivity index (χ0n) is 17.1. The van der Waals surface area contributed by atoms with Crippen molar-refractivity contribution < 1.29 is 14.3 Å². The number of nitrogens with zero attached hydrogens (tertiary/aromatic N) is 3. The lowest BCUT2D eigenvalue weighted by atomic mass is 9.95. The summed E-state index contributed by atoms with van der Waals surface area (Å²) in [7, 11) is 0. The molecule has 0 saturated heterocycles. The van der Waals surface area contributed by atoms with E-state index in [-0.39, 0.29) is 18.1 Å². The van der Waals surface area contributed by atoms with Crippen molar-refractivity contribution in [3.8, 4) is 5.75 Å². The van der Waals surface area contributed by atoms with Crippen LogP contribution in [0.25, 0.3) is 0 Å². The number of fused-ring (bicyclic) bond motifs is 1. The van der Waals surface area contributed by atoms with Crippen molar-refractivity contribution in [2.75, 3.05) is 11.9 Å². The lowest BCUT2D eigenvalue weighted by Gasteiger charge is -2.30. The lowest BCUT2D eigenvalue weighted by Crippen LogP contribution is -2.32. The second-order valence-electron chi connectivity index (χ2n) is 7.68. The molecule has 1 aromatic heterocycles. The second-order valence-corrected chi connectivity index (χ2v) is 7.68. The van der Waals surface area contributed by atoms with E-state index in [4.69, 9.17) is 9.47 Å². The molecule has 0 amide bonds. The SMILES string of the molecule is CCCOc1ccc(C2C(C(=O)OC3CCCCC3)=C(C)Nc3ncnn32)cc1. The number of anilines is 1. The molecule has 1 saturated carbocycles. The number of carbonyl (C=O) groups is 1. The molecule has 2 aromatic rings. The quantitative estimate of drug-likeness (QED) is 0.736. The molecule has 0 bridgehead atoms. The largest absolute Gasteiger partial charge is 0.494 e.